The van der Waals surface area contributed by atoms with Gasteiger partial charge in [-0.25, -0.2) is 12.7 Å². The van der Waals surface area contributed by atoms with Gasteiger partial charge >= 0.3 is 0 Å². The smallest absolute Gasteiger partial charge is 0.240 e. The van der Waals surface area contributed by atoms with Gasteiger partial charge in [0.25, 0.3) is 0 Å². The fraction of sp³-hybridized carbons (Fsp3) is 0.929. The minimum atomic E-state index is -3.10. The third-order valence-corrected chi connectivity index (χ3v) is 6.71. The highest BCUT2D eigenvalue weighted by atomic mass is 32.2. The number of piperidine rings is 1. The maximum Gasteiger partial charge on any atom is 0.240 e. The van der Waals surface area contributed by atoms with Crippen LogP contribution < -0.4 is 10.6 Å². The molecule has 6 nitrogen and oxygen atoms in total. The van der Waals surface area contributed by atoms with Crippen molar-refractivity contribution in [3.05, 3.63) is 0 Å². The van der Waals surface area contributed by atoms with Crippen molar-refractivity contribution >= 4 is 15.9 Å². The van der Waals surface area contributed by atoms with Gasteiger partial charge in [0.15, 0.2) is 0 Å². The summed E-state index contributed by atoms with van der Waals surface area (Å²) < 4.78 is 25.2. The molecule has 122 valence electrons. The van der Waals surface area contributed by atoms with Gasteiger partial charge in [0.05, 0.1) is 11.3 Å². The summed E-state index contributed by atoms with van der Waals surface area (Å²) in [5.74, 6) is 0.228. The minimum absolute atomic E-state index is 0.0827. The van der Waals surface area contributed by atoms with Crippen molar-refractivity contribution in [3.8, 4) is 0 Å². The van der Waals surface area contributed by atoms with Crippen molar-refractivity contribution in [1.29, 1.82) is 0 Å². The molecule has 2 heterocycles. The Hall–Kier alpha value is -0.660. The van der Waals surface area contributed by atoms with Gasteiger partial charge in [0, 0.05) is 19.1 Å². The predicted molar refractivity (Wildman–Crippen MR) is 82.5 cm³/mol. The summed E-state index contributed by atoms with van der Waals surface area (Å²) in [4.78, 5) is 12.5. The van der Waals surface area contributed by atoms with Crippen LogP contribution in [0.1, 0.15) is 46.0 Å². The molecule has 0 saturated carbocycles. The molecule has 2 aliphatic rings. The summed E-state index contributed by atoms with van der Waals surface area (Å²) in [6.07, 6.45) is 4.12. The summed E-state index contributed by atoms with van der Waals surface area (Å²) in [5, 5.41) is 6.45. The quantitative estimate of drug-likeness (QED) is 0.772. The third kappa shape index (κ3) is 3.57. The highest BCUT2D eigenvalue weighted by Crippen LogP contribution is 2.24. The van der Waals surface area contributed by atoms with Crippen LogP contribution in [0, 0.1) is 0 Å². The number of sulfonamides is 1. The van der Waals surface area contributed by atoms with E-state index in [2.05, 4.69) is 10.6 Å². The first kappa shape index (κ1) is 16.7. The van der Waals surface area contributed by atoms with Crippen LogP contribution in [0.5, 0.6) is 0 Å². The Kier molecular flexibility index (Phi) is 5.27. The molecule has 1 atom stereocenters. The lowest BCUT2D eigenvalue weighted by molar-refractivity contribution is -0.128. The molecule has 0 aromatic rings. The van der Waals surface area contributed by atoms with E-state index in [0.29, 0.717) is 25.9 Å². The van der Waals surface area contributed by atoms with Crippen molar-refractivity contribution in [2.24, 2.45) is 0 Å². The second-order valence-corrected chi connectivity index (χ2v) is 8.27. The predicted octanol–water partition coefficient (Wildman–Crippen LogP) is 0.449. The SMILES string of the molecule is CCC1(C(=O)NC2CCN(S(=O)(=O)CC)CC2)CCCN1. The molecule has 7 heteroatoms. The van der Waals surface area contributed by atoms with Crippen molar-refractivity contribution in [2.45, 2.75) is 57.5 Å². The van der Waals surface area contributed by atoms with Crippen molar-refractivity contribution < 1.29 is 13.2 Å². The summed E-state index contributed by atoms with van der Waals surface area (Å²) in [5.41, 5.74) is -0.410. The van der Waals surface area contributed by atoms with Crippen LogP contribution in [0.25, 0.3) is 0 Å². The molecule has 21 heavy (non-hydrogen) atoms. The standard InChI is InChI=1S/C14H27N3O3S/c1-3-14(8-5-9-15-14)13(18)16-12-6-10-17(11-7-12)21(19,20)4-2/h12,15H,3-11H2,1-2H3,(H,16,18). The van der Waals surface area contributed by atoms with Gasteiger partial charge in [-0.05, 0) is 45.6 Å². The zero-order chi connectivity index (χ0) is 15.5. The molecule has 2 saturated heterocycles. The number of hydrogen-bond acceptors (Lipinski definition) is 4. The number of hydrogen-bond donors (Lipinski definition) is 2. The second-order valence-electron chi connectivity index (χ2n) is 6.01. The Morgan fingerprint density at radius 3 is 2.48 bits per heavy atom. The van der Waals surface area contributed by atoms with E-state index in [9.17, 15) is 13.2 Å². The number of nitrogens with zero attached hydrogens (tertiary/aromatic N) is 1. The molecule has 1 unspecified atom stereocenters. The molecule has 0 aromatic carbocycles. The number of rotatable bonds is 5. The fourth-order valence-corrected chi connectivity index (χ4v) is 4.38. The minimum Gasteiger partial charge on any atom is -0.352 e. The molecule has 0 radical (unpaired) electrons. The first-order chi connectivity index (χ1) is 9.93. The average Bonchev–Trinajstić information content (AvgIpc) is 2.98. The lowest BCUT2D eigenvalue weighted by Gasteiger charge is -2.34. The van der Waals surface area contributed by atoms with E-state index in [-0.39, 0.29) is 17.7 Å². The van der Waals surface area contributed by atoms with Crippen molar-refractivity contribution in [1.82, 2.24) is 14.9 Å². The third-order valence-electron chi connectivity index (χ3n) is 4.83. The number of nitrogens with one attached hydrogen (secondary N) is 2. The Bertz CT molecular complexity index is 464. The molecular weight excluding hydrogens is 290 g/mol. The maximum atomic E-state index is 12.5. The Balaban J connectivity index is 1.87. The molecule has 2 aliphatic heterocycles. The maximum absolute atomic E-state index is 12.5. The van der Waals surface area contributed by atoms with Crippen molar-refractivity contribution in [3.63, 3.8) is 0 Å². The Labute approximate surface area is 127 Å². The highest BCUT2D eigenvalue weighted by molar-refractivity contribution is 7.89. The van der Waals surface area contributed by atoms with Gasteiger partial charge in [-0.3, -0.25) is 4.79 Å². The summed E-state index contributed by atoms with van der Waals surface area (Å²) in [6, 6.07) is 0.0895. The largest absolute Gasteiger partial charge is 0.352 e. The van der Waals surface area contributed by atoms with Crippen LogP contribution in [0.2, 0.25) is 0 Å². The lowest BCUT2D eigenvalue weighted by Crippen LogP contribution is -2.57. The first-order valence-corrected chi connectivity index (χ1v) is 9.58. The zero-order valence-electron chi connectivity index (χ0n) is 13.0. The summed E-state index contributed by atoms with van der Waals surface area (Å²) in [6.45, 7) is 5.62. The number of carbonyl (C=O) groups is 1. The van der Waals surface area contributed by atoms with E-state index in [0.717, 1.165) is 25.8 Å². The van der Waals surface area contributed by atoms with E-state index in [1.165, 1.54) is 0 Å². The van der Waals surface area contributed by atoms with Gasteiger partial charge in [-0.1, -0.05) is 6.92 Å². The van der Waals surface area contributed by atoms with Crippen LogP contribution in [-0.2, 0) is 14.8 Å². The lowest BCUT2D eigenvalue weighted by atomic mass is 9.92. The van der Waals surface area contributed by atoms with E-state index in [1.54, 1.807) is 11.2 Å². The molecule has 1 amide bonds. The van der Waals surface area contributed by atoms with Gasteiger partial charge in [-0.2, -0.15) is 0 Å². The zero-order valence-corrected chi connectivity index (χ0v) is 13.8. The van der Waals surface area contributed by atoms with Crippen LogP contribution >= 0.6 is 0 Å². The van der Waals surface area contributed by atoms with Gasteiger partial charge in [0.1, 0.15) is 0 Å². The fourth-order valence-electron chi connectivity index (χ4n) is 3.25. The number of amides is 1. The van der Waals surface area contributed by atoms with E-state index in [1.807, 2.05) is 6.92 Å². The molecule has 0 aromatic heterocycles. The van der Waals surface area contributed by atoms with Gasteiger partial charge < -0.3 is 10.6 Å². The molecule has 0 aliphatic carbocycles. The molecular formula is C14H27N3O3S. The van der Waals surface area contributed by atoms with E-state index >= 15 is 0 Å². The van der Waals surface area contributed by atoms with E-state index in [4.69, 9.17) is 0 Å². The molecule has 2 fully saturated rings. The monoisotopic (exact) mass is 317 g/mol. The van der Waals surface area contributed by atoms with Crippen molar-refractivity contribution in [2.75, 3.05) is 25.4 Å². The van der Waals surface area contributed by atoms with Crippen LogP contribution in [0.4, 0.5) is 0 Å². The second kappa shape index (κ2) is 6.62. The summed E-state index contributed by atoms with van der Waals surface area (Å²) in [7, 11) is -3.10. The molecule has 0 spiro atoms. The number of carbonyl (C=O) groups excluding carboxylic acids is 1. The van der Waals surface area contributed by atoms with Crippen LogP contribution in [-0.4, -0.2) is 55.6 Å². The Morgan fingerprint density at radius 1 is 1.33 bits per heavy atom. The molecule has 2 rings (SSSR count). The summed E-state index contributed by atoms with van der Waals surface area (Å²) >= 11 is 0. The first-order valence-electron chi connectivity index (χ1n) is 7.97. The average molecular weight is 317 g/mol. The van der Waals surface area contributed by atoms with Gasteiger partial charge in [0.2, 0.25) is 15.9 Å². The highest BCUT2D eigenvalue weighted by Gasteiger charge is 2.40. The topological polar surface area (TPSA) is 78.5 Å². The normalized spacial score (nSPS) is 28.7. The Morgan fingerprint density at radius 2 is 2.00 bits per heavy atom. The van der Waals surface area contributed by atoms with Crippen LogP contribution in [0.15, 0.2) is 0 Å². The van der Waals surface area contributed by atoms with E-state index < -0.39 is 15.6 Å². The van der Waals surface area contributed by atoms with Gasteiger partial charge in [-0.15, -0.1) is 0 Å². The molecule has 0 bridgehead atoms. The molecule has 2 N–H and O–H groups in total. The van der Waals surface area contributed by atoms with Crippen LogP contribution in [0.3, 0.4) is 0 Å².